The van der Waals surface area contributed by atoms with E-state index in [0.29, 0.717) is 51.5 Å². The second-order valence-electron chi connectivity index (χ2n) is 20.6. The summed E-state index contributed by atoms with van der Waals surface area (Å²) in [6, 6.07) is 0. The minimum atomic E-state index is 0. The quantitative estimate of drug-likeness (QED) is 0.0719. The van der Waals surface area contributed by atoms with Gasteiger partial charge in [0.2, 0.25) is 0 Å². The van der Waals surface area contributed by atoms with Gasteiger partial charge in [0.1, 0.15) is 0 Å². The van der Waals surface area contributed by atoms with Crippen LogP contribution in [0, 0.1) is 34.5 Å². The van der Waals surface area contributed by atoms with Gasteiger partial charge in [0, 0.05) is 13.2 Å². The highest BCUT2D eigenvalue weighted by molar-refractivity contribution is 4.75. The van der Waals surface area contributed by atoms with Crippen molar-refractivity contribution in [2.24, 2.45) is 34.5 Å². The highest BCUT2D eigenvalue weighted by Crippen LogP contribution is 2.24. The summed E-state index contributed by atoms with van der Waals surface area (Å²) >= 11 is 0. The Hall–Kier alpha value is -0.320. The van der Waals surface area contributed by atoms with Gasteiger partial charge in [-0.1, -0.05) is 194 Å². The predicted octanol–water partition coefficient (Wildman–Crippen LogP) is 17.2. The molecule has 0 aliphatic rings. The molecule has 0 heterocycles. The first-order chi connectivity index (χ1) is 28.7. The fraction of sp³-hybridized carbons (Fsp3) is 1.00. The first-order valence-corrected chi connectivity index (χ1v) is 25.7. The van der Waals surface area contributed by atoms with E-state index in [9.17, 15) is 0 Å². The maximum absolute atomic E-state index is 5.98. The molecule has 8 heteroatoms. The maximum atomic E-state index is 5.98. The molecule has 2 atom stereocenters. The lowest BCUT2D eigenvalue weighted by atomic mass is 9.89. The maximum Gasteiger partial charge on any atom is 0.0857 e. The summed E-state index contributed by atoms with van der Waals surface area (Å²) in [5.41, 5.74) is 0.200. The van der Waals surface area contributed by atoms with Crippen molar-refractivity contribution < 1.29 is 28.4 Å². The fourth-order valence-corrected chi connectivity index (χ4v) is 4.08. The van der Waals surface area contributed by atoms with Crippen molar-refractivity contribution in [3.8, 4) is 0 Å². The number of ether oxygens (including phenoxy) is 6. The van der Waals surface area contributed by atoms with Crippen molar-refractivity contribution in [2.75, 3.05) is 93.1 Å². The minimum absolute atomic E-state index is 0. The number of hydrogen-bond acceptors (Lipinski definition) is 8. The van der Waals surface area contributed by atoms with Gasteiger partial charge in [-0.3, -0.25) is 0 Å². The van der Waals surface area contributed by atoms with Crippen molar-refractivity contribution in [3.63, 3.8) is 0 Å². The zero-order chi connectivity index (χ0) is 49.7. The van der Waals surface area contributed by atoms with Gasteiger partial charge in [0.05, 0.1) is 64.1 Å². The molecule has 0 aromatic heterocycles. The standard InChI is InChI=1S/2C16H34O3.2C6H14.2C5H13N.4CH4/c1-13(2)8-9-19-15(16(5,6)7)12-17-10-11-18-14(3)4;1-13(2)8-9-17-12-15(16(5,6)7)19-11-10-18-14(3)4;4*1-4-6(3)5-2;;;;/h2*13-15H,8-12H2,1-7H3;2*6H,4-5H2,1-3H3;2*4-5H2,1-3H3;4*1H4. The lowest BCUT2D eigenvalue weighted by molar-refractivity contribution is -0.0882. The average Bonchev–Trinajstić information content (AvgIpc) is 3.20. The summed E-state index contributed by atoms with van der Waals surface area (Å²) in [5.74, 6) is 3.24. The predicted molar refractivity (Wildman–Crippen MR) is 305 cm³/mol. The van der Waals surface area contributed by atoms with Gasteiger partial charge >= 0.3 is 0 Å². The molecule has 0 spiro atoms. The van der Waals surface area contributed by atoms with Crippen LogP contribution in [-0.4, -0.2) is 127 Å². The molecule has 66 heavy (non-hydrogen) atoms. The highest BCUT2D eigenvalue weighted by atomic mass is 16.6. The van der Waals surface area contributed by atoms with Gasteiger partial charge in [0.15, 0.2) is 0 Å². The molecule has 0 radical (unpaired) electrons. The van der Waals surface area contributed by atoms with Crippen LogP contribution in [0.3, 0.4) is 0 Å². The van der Waals surface area contributed by atoms with E-state index in [-0.39, 0.29) is 65.0 Å². The third-order valence-electron chi connectivity index (χ3n) is 10.8. The van der Waals surface area contributed by atoms with Crippen LogP contribution < -0.4 is 0 Å². The molecule has 416 valence electrons. The van der Waals surface area contributed by atoms with Crippen LogP contribution in [0.25, 0.3) is 0 Å². The van der Waals surface area contributed by atoms with Crippen LogP contribution >= 0.6 is 0 Å². The highest BCUT2D eigenvalue weighted by Gasteiger charge is 2.26. The minimum Gasteiger partial charge on any atom is -0.379 e. The van der Waals surface area contributed by atoms with E-state index in [0.717, 1.165) is 64.1 Å². The Balaban J connectivity index is -0.0000000770. The topological polar surface area (TPSA) is 61.9 Å². The average molecular weight is 960 g/mol. The Labute approximate surface area is 423 Å². The first-order valence-electron chi connectivity index (χ1n) is 25.7. The third-order valence-corrected chi connectivity index (χ3v) is 10.8. The lowest BCUT2D eigenvalue weighted by Gasteiger charge is -2.30. The van der Waals surface area contributed by atoms with E-state index < -0.39 is 0 Å². The van der Waals surface area contributed by atoms with E-state index in [2.05, 4.69) is 162 Å². The van der Waals surface area contributed by atoms with E-state index in [1.807, 2.05) is 27.7 Å². The zero-order valence-electron chi connectivity index (χ0n) is 47.7. The van der Waals surface area contributed by atoms with Crippen LogP contribution in [-0.2, 0) is 28.4 Å². The van der Waals surface area contributed by atoms with Crippen LogP contribution in [0.4, 0.5) is 0 Å². The van der Waals surface area contributed by atoms with Crippen LogP contribution in [0.2, 0.25) is 0 Å². The summed E-state index contributed by atoms with van der Waals surface area (Å²) in [6.45, 7) is 62.4. The van der Waals surface area contributed by atoms with Gasteiger partial charge in [-0.25, -0.2) is 0 Å². The Bertz CT molecular complexity index is 740. The second-order valence-corrected chi connectivity index (χ2v) is 20.6. The second kappa shape index (κ2) is 60.8. The number of rotatable bonds is 28. The molecule has 0 aromatic carbocycles. The molecule has 0 aromatic rings. The molecule has 0 fully saturated rings. The number of nitrogens with zero attached hydrogens (tertiary/aromatic N) is 2. The molecule has 0 amide bonds. The van der Waals surface area contributed by atoms with Crippen LogP contribution in [0.1, 0.15) is 234 Å². The summed E-state index contributed by atoms with van der Waals surface area (Å²) in [4.78, 5) is 4.50. The zero-order valence-corrected chi connectivity index (χ0v) is 47.7. The molecular weight excluding hydrogens is 821 g/mol. The van der Waals surface area contributed by atoms with Crippen LogP contribution in [0.15, 0.2) is 0 Å². The van der Waals surface area contributed by atoms with Crippen molar-refractivity contribution in [1.29, 1.82) is 0 Å². The fourth-order valence-electron chi connectivity index (χ4n) is 4.08. The van der Waals surface area contributed by atoms with Gasteiger partial charge in [0.25, 0.3) is 0 Å². The lowest BCUT2D eigenvalue weighted by Crippen LogP contribution is -2.35. The van der Waals surface area contributed by atoms with Crippen LogP contribution in [0.5, 0.6) is 0 Å². The van der Waals surface area contributed by atoms with Gasteiger partial charge in [-0.05, 0) is 115 Å². The van der Waals surface area contributed by atoms with E-state index in [1.165, 1.54) is 25.7 Å². The normalized spacial score (nSPS) is 11.9. The summed E-state index contributed by atoms with van der Waals surface area (Å²) in [6.07, 6.45) is 8.32. The van der Waals surface area contributed by atoms with Gasteiger partial charge < -0.3 is 38.2 Å². The monoisotopic (exact) mass is 959 g/mol. The van der Waals surface area contributed by atoms with E-state index >= 15 is 0 Å². The largest absolute Gasteiger partial charge is 0.379 e. The summed E-state index contributed by atoms with van der Waals surface area (Å²) in [7, 11) is 4.22. The van der Waals surface area contributed by atoms with Gasteiger partial charge in [-0.2, -0.15) is 0 Å². The Morgan fingerprint density at radius 2 is 0.621 bits per heavy atom. The molecule has 0 N–H and O–H groups in total. The first kappa shape index (κ1) is 88.6. The molecule has 0 aliphatic carbocycles. The SMILES string of the molecule is C.C.C.C.CC(C)CCOC(COCCOC(C)C)C(C)(C)C.CC(C)CCOCC(OCCOC(C)C)C(C)(C)C.CCC(C)CC.CCC(C)CC.CCN(C)CC.CCN(C)CC. The summed E-state index contributed by atoms with van der Waals surface area (Å²) < 4.78 is 34.3. The Morgan fingerprint density at radius 1 is 0.364 bits per heavy atom. The third kappa shape index (κ3) is 80.7. The van der Waals surface area contributed by atoms with Gasteiger partial charge in [-0.15, -0.1) is 0 Å². The van der Waals surface area contributed by atoms with Crippen molar-refractivity contribution >= 4 is 0 Å². The molecular formula is C58H138N2O6. The molecule has 8 nitrogen and oxygen atoms in total. The molecule has 0 rings (SSSR count). The molecule has 0 saturated heterocycles. The Morgan fingerprint density at radius 3 is 0.848 bits per heavy atom. The van der Waals surface area contributed by atoms with Crippen molar-refractivity contribution in [3.05, 3.63) is 0 Å². The van der Waals surface area contributed by atoms with Crippen molar-refractivity contribution in [2.45, 2.75) is 259 Å². The summed E-state index contributed by atoms with van der Waals surface area (Å²) in [5, 5.41) is 0. The smallest absolute Gasteiger partial charge is 0.0857 e. The molecule has 0 saturated carbocycles. The van der Waals surface area contributed by atoms with Crippen molar-refractivity contribution in [1.82, 2.24) is 9.80 Å². The molecule has 0 aliphatic heterocycles. The number of hydrogen-bond donors (Lipinski definition) is 0. The molecule has 0 bridgehead atoms. The Kier molecular flexibility index (Phi) is 81.6. The van der Waals surface area contributed by atoms with E-state index in [4.69, 9.17) is 28.4 Å². The molecule has 2 unspecified atom stereocenters. The van der Waals surface area contributed by atoms with E-state index in [1.54, 1.807) is 0 Å².